The second kappa shape index (κ2) is 11.6. The van der Waals surface area contributed by atoms with Crippen LogP contribution in [0.25, 0.3) is 12.2 Å². The van der Waals surface area contributed by atoms with Crippen LogP contribution in [0.5, 0.6) is 0 Å². The maximum absolute atomic E-state index is 13.8. The molecule has 0 aliphatic carbocycles. The molecule has 5 rings (SSSR count). The highest BCUT2D eigenvalue weighted by Gasteiger charge is 2.37. The number of rotatable bonds is 6. The molecule has 1 heterocycles. The van der Waals surface area contributed by atoms with Gasteiger partial charge in [0.2, 0.25) is 0 Å². The highest BCUT2D eigenvalue weighted by atomic mass is 16.2. The highest BCUT2D eigenvalue weighted by Crippen LogP contribution is 2.42. The summed E-state index contributed by atoms with van der Waals surface area (Å²) in [4.78, 5) is 30.9. The molecule has 4 aromatic rings. The van der Waals surface area contributed by atoms with Crippen molar-refractivity contribution in [2.75, 3.05) is 9.80 Å². The Morgan fingerprint density at radius 3 is 1.87 bits per heavy atom. The van der Waals surface area contributed by atoms with Gasteiger partial charge >= 0.3 is 0 Å². The molecule has 0 radical (unpaired) electrons. The van der Waals surface area contributed by atoms with Crippen molar-refractivity contribution in [2.45, 2.75) is 25.4 Å². The minimum Gasteiger partial charge on any atom is -0.306 e. The molecule has 188 valence electrons. The van der Waals surface area contributed by atoms with E-state index in [1.807, 2.05) is 144 Å². The lowest BCUT2D eigenvalue weighted by Gasteiger charge is -2.43. The summed E-state index contributed by atoms with van der Waals surface area (Å²) in [5.41, 5.74) is 4.55. The van der Waals surface area contributed by atoms with E-state index in [1.165, 1.54) is 0 Å². The first-order chi connectivity index (χ1) is 18.6. The van der Waals surface area contributed by atoms with Crippen LogP contribution in [0.3, 0.4) is 0 Å². The Morgan fingerprint density at radius 2 is 1.24 bits per heavy atom. The Kier molecular flexibility index (Phi) is 7.60. The van der Waals surface area contributed by atoms with E-state index in [-0.39, 0.29) is 23.9 Å². The van der Waals surface area contributed by atoms with Crippen molar-refractivity contribution in [1.82, 2.24) is 0 Å². The predicted molar refractivity (Wildman–Crippen MR) is 156 cm³/mol. The van der Waals surface area contributed by atoms with Crippen LogP contribution in [0.1, 0.15) is 36.1 Å². The fourth-order valence-corrected chi connectivity index (χ4v) is 5.04. The maximum atomic E-state index is 13.8. The summed E-state index contributed by atoms with van der Waals surface area (Å²) in [7, 11) is 0. The molecule has 4 nitrogen and oxygen atoms in total. The van der Waals surface area contributed by atoms with Crippen LogP contribution < -0.4 is 9.80 Å². The van der Waals surface area contributed by atoms with Crippen LogP contribution in [-0.4, -0.2) is 17.9 Å². The highest BCUT2D eigenvalue weighted by molar-refractivity contribution is 6.07. The Labute approximate surface area is 224 Å². The summed E-state index contributed by atoms with van der Waals surface area (Å²) < 4.78 is 0. The van der Waals surface area contributed by atoms with E-state index in [1.54, 1.807) is 12.2 Å². The molecule has 2 amide bonds. The molecular weight excluding hydrogens is 468 g/mol. The SMILES string of the molecule is C[C@H]1C[C@H](N(C(=O)/C=C/c2ccccc2)c2ccccc2)c2ccccc2N1C(=O)/C=C/c1ccccc1. The average Bonchev–Trinajstić information content (AvgIpc) is 2.96. The molecule has 0 N–H and O–H groups in total. The van der Waals surface area contributed by atoms with Gasteiger partial charge in [0.1, 0.15) is 0 Å². The minimum atomic E-state index is -0.223. The fourth-order valence-electron chi connectivity index (χ4n) is 5.04. The second-order valence-electron chi connectivity index (χ2n) is 9.40. The molecule has 0 bridgehead atoms. The summed E-state index contributed by atoms with van der Waals surface area (Å²) in [6.45, 7) is 2.05. The molecule has 2 atom stereocenters. The minimum absolute atomic E-state index is 0.0752. The summed E-state index contributed by atoms with van der Waals surface area (Å²) in [5, 5.41) is 0. The molecule has 0 aromatic heterocycles. The monoisotopic (exact) mass is 498 g/mol. The van der Waals surface area contributed by atoms with Crippen LogP contribution in [0.4, 0.5) is 11.4 Å². The van der Waals surface area contributed by atoms with Crippen molar-refractivity contribution in [1.29, 1.82) is 0 Å². The second-order valence-corrected chi connectivity index (χ2v) is 9.40. The number of hydrogen-bond donors (Lipinski definition) is 0. The van der Waals surface area contributed by atoms with Crippen LogP contribution in [-0.2, 0) is 9.59 Å². The summed E-state index contributed by atoms with van der Waals surface area (Å²) in [6.07, 6.45) is 7.57. The summed E-state index contributed by atoms with van der Waals surface area (Å²) in [6, 6.07) is 36.9. The first-order valence-electron chi connectivity index (χ1n) is 12.9. The fraction of sp³-hybridized carbons (Fsp3) is 0.118. The number of carbonyl (C=O) groups is 2. The van der Waals surface area contributed by atoms with Gasteiger partial charge in [0, 0.05) is 29.6 Å². The Hall–Kier alpha value is -4.70. The first-order valence-corrected chi connectivity index (χ1v) is 12.9. The normalized spacial score (nSPS) is 16.9. The third-order valence-corrected chi connectivity index (χ3v) is 6.82. The number of anilines is 2. The third kappa shape index (κ3) is 5.50. The van der Waals surface area contributed by atoms with Gasteiger partial charge < -0.3 is 9.80 Å². The average molecular weight is 499 g/mol. The number of hydrogen-bond acceptors (Lipinski definition) is 2. The van der Waals surface area contributed by atoms with Gasteiger partial charge in [0.25, 0.3) is 11.8 Å². The Bertz CT molecular complexity index is 1450. The van der Waals surface area contributed by atoms with Crippen LogP contribution in [0.15, 0.2) is 127 Å². The van der Waals surface area contributed by atoms with Crippen molar-refractivity contribution < 1.29 is 9.59 Å². The van der Waals surface area contributed by atoms with Gasteiger partial charge in [0.05, 0.1) is 6.04 Å². The van der Waals surface area contributed by atoms with E-state index in [9.17, 15) is 9.59 Å². The number of carbonyl (C=O) groups excluding carboxylic acids is 2. The number of amides is 2. The summed E-state index contributed by atoms with van der Waals surface area (Å²) in [5.74, 6) is -0.176. The molecule has 1 aliphatic rings. The smallest absolute Gasteiger partial charge is 0.251 e. The van der Waals surface area contributed by atoms with Gasteiger partial charge in [-0.2, -0.15) is 0 Å². The van der Waals surface area contributed by atoms with Gasteiger partial charge in [-0.25, -0.2) is 0 Å². The zero-order valence-electron chi connectivity index (χ0n) is 21.4. The van der Waals surface area contributed by atoms with E-state index in [2.05, 4.69) is 0 Å². The van der Waals surface area contributed by atoms with Crippen LogP contribution >= 0.6 is 0 Å². The van der Waals surface area contributed by atoms with E-state index in [0.29, 0.717) is 6.42 Å². The molecule has 1 aliphatic heterocycles. The first kappa shape index (κ1) is 25.0. The maximum Gasteiger partial charge on any atom is 0.251 e. The summed E-state index contributed by atoms with van der Waals surface area (Å²) >= 11 is 0. The molecule has 4 heteroatoms. The van der Waals surface area contributed by atoms with Gasteiger partial charge in [-0.05, 0) is 60.4 Å². The number of nitrogens with zero attached hydrogens (tertiary/aromatic N) is 2. The number of benzene rings is 4. The van der Waals surface area contributed by atoms with Gasteiger partial charge in [-0.15, -0.1) is 0 Å². The molecule has 0 saturated heterocycles. The van der Waals surface area contributed by atoms with Crippen molar-refractivity contribution in [3.8, 4) is 0 Å². The van der Waals surface area contributed by atoms with Gasteiger partial charge in [-0.3, -0.25) is 9.59 Å². The quantitative estimate of drug-likeness (QED) is 0.262. The zero-order chi connectivity index (χ0) is 26.3. The van der Waals surface area contributed by atoms with Crippen molar-refractivity contribution in [2.24, 2.45) is 0 Å². The molecule has 0 saturated carbocycles. The molecule has 0 spiro atoms. The van der Waals surface area contributed by atoms with Crippen molar-refractivity contribution in [3.05, 3.63) is 144 Å². The lowest BCUT2D eigenvalue weighted by molar-refractivity contribution is -0.114. The Balaban J connectivity index is 1.50. The van der Waals surface area contributed by atoms with E-state index < -0.39 is 0 Å². The molecular formula is C34H30N2O2. The van der Waals surface area contributed by atoms with Crippen molar-refractivity contribution in [3.63, 3.8) is 0 Å². The van der Waals surface area contributed by atoms with E-state index >= 15 is 0 Å². The zero-order valence-corrected chi connectivity index (χ0v) is 21.4. The Morgan fingerprint density at radius 1 is 0.711 bits per heavy atom. The van der Waals surface area contributed by atoms with Gasteiger partial charge in [0.15, 0.2) is 0 Å². The molecule has 0 unspecified atom stereocenters. The van der Waals surface area contributed by atoms with Crippen LogP contribution in [0, 0.1) is 0 Å². The van der Waals surface area contributed by atoms with Crippen molar-refractivity contribution >= 4 is 35.3 Å². The van der Waals surface area contributed by atoms with Crippen LogP contribution in [0.2, 0.25) is 0 Å². The predicted octanol–water partition coefficient (Wildman–Crippen LogP) is 7.31. The van der Waals surface area contributed by atoms with E-state index in [4.69, 9.17) is 0 Å². The topological polar surface area (TPSA) is 40.6 Å². The molecule has 38 heavy (non-hydrogen) atoms. The number of fused-ring (bicyclic) bond motifs is 1. The third-order valence-electron chi connectivity index (χ3n) is 6.82. The van der Waals surface area contributed by atoms with Gasteiger partial charge in [-0.1, -0.05) is 97.1 Å². The lowest BCUT2D eigenvalue weighted by atomic mass is 9.89. The molecule has 4 aromatic carbocycles. The van der Waals surface area contributed by atoms with E-state index in [0.717, 1.165) is 28.1 Å². The lowest BCUT2D eigenvalue weighted by Crippen LogP contribution is -2.47. The largest absolute Gasteiger partial charge is 0.306 e. The molecule has 0 fully saturated rings. The standard InChI is InChI=1S/C34H30N2O2/c1-26-25-32(36(29-17-9-4-10-18-29)34(38)24-22-28-15-7-3-8-16-28)30-19-11-12-20-31(30)35(26)33(37)23-21-27-13-5-2-6-14-27/h2-24,26,32H,25H2,1H3/b23-21+,24-22+/t26-,32-/m0/s1. The number of para-hydroxylation sites is 2.